The van der Waals surface area contributed by atoms with Crippen molar-refractivity contribution in [3.63, 3.8) is 0 Å². The zero-order chi connectivity index (χ0) is 14.6. The minimum atomic E-state index is -1.38. The molecule has 0 heterocycles. The Hall–Kier alpha value is -1.29. The summed E-state index contributed by atoms with van der Waals surface area (Å²) in [6.07, 6.45) is 0.957. The van der Waals surface area contributed by atoms with Gasteiger partial charge in [-0.05, 0) is 30.4 Å². The van der Waals surface area contributed by atoms with E-state index in [0.29, 0.717) is 12.5 Å². The van der Waals surface area contributed by atoms with Gasteiger partial charge >= 0.3 is 5.97 Å². The van der Waals surface area contributed by atoms with Gasteiger partial charge in [-0.15, -0.1) is 0 Å². The predicted molar refractivity (Wildman–Crippen MR) is 72.5 cm³/mol. The molecule has 0 aromatic heterocycles. The summed E-state index contributed by atoms with van der Waals surface area (Å²) in [4.78, 5) is 11.0. The molecule has 1 atom stereocenters. The van der Waals surface area contributed by atoms with E-state index in [-0.39, 0.29) is 16.7 Å². The molecule has 106 valence electrons. The topological polar surface area (TPSA) is 46.5 Å². The summed E-state index contributed by atoms with van der Waals surface area (Å²) in [5.74, 6) is -1.53. The summed E-state index contributed by atoms with van der Waals surface area (Å²) < 4.78 is 19.1. The van der Waals surface area contributed by atoms with Gasteiger partial charge < -0.3 is 9.84 Å². The molecule has 5 heteroatoms. The van der Waals surface area contributed by atoms with E-state index in [1.807, 2.05) is 6.92 Å². The standard InChI is InChI=1S/C14H18ClFO3/c1-8(2)6-9(3)7-19-11-5-4-10(15)13(16)12(11)14(17)18/h4-5,8-9H,6-7H2,1-3H3,(H,17,18). The van der Waals surface area contributed by atoms with E-state index in [9.17, 15) is 9.18 Å². The Morgan fingerprint density at radius 1 is 1.42 bits per heavy atom. The van der Waals surface area contributed by atoms with Crippen LogP contribution in [0.25, 0.3) is 0 Å². The zero-order valence-electron chi connectivity index (χ0n) is 11.2. The van der Waals surface area contributed by atoms with Crippen LogP contribution in [-0.2, 0) is 0 Å². The van der Waals surface area contributed by atoms with E-state index < -0.39 is 17.3 Å². The molecular formula is C14H18ClFO3. The molecule has 0 amide bonds. The number of carboxylic acids is 1. The smallest absolute Gasteiger partial charge is 0.342 e. The summed E-state index contributed by atoms with van der Waals surface area (Å²) in [5.41, 5.74) is -0.510. The average Bonchev–Trinajstić information content (AvgIpc) is 2.29. The molecule has 0 spiro atoms. The van der Waals surface area contributed by atoms with Crippen molar-refractivity contribution in [3.8, 4) is 5.75 Å². The van der Waals surface area contributed by atoms with Crippen LogP contribution >= 0.6 is 11.6 Å². The SMILES string of the molecule is CC(C)CC(C)COc1ccc(Cl)c(F)c1C(=O)O. The fourth-order valence-electron chi connectivity index (χ4n) is 1.96. The first-order valence-corrected chi connectivity index (χ1v) is 6.54. The third-order valence-corrected chi connectivity index (χ3v) is 2.96. The van der Waals surface area contributed by atoms with Gasteiger partial charge in [0.25, 0.3) is 0 Å². The molecule has 1 aromatic rings. The van der Waals surface area contributed by atoms with Crippen LogP contribution in [0.15, 0.2) is 12.1 Å². The average molecular weight is 289 g/mol. The second-order valence-electron chi connectivity index (χ2n) is 5.09. The molecule has 3 nitrogen and oxygen atoms in total. The molecule has 0 saturated heterocycles. The van der Waals surface area contributed by atoms with Gasteiger partial charge in [0, 0.05) is 0 Å². The van der Waals surface area contributed by atoms with Crippen molar-refractivity contribution in [2.24, 2.45) is 11.8 Å². The molecular weight excluding hydrogens is 271 g/mol. The molecule has 0 fully saturated rings. The summed E-state index contributed by atoms with van der Waals surface area (Å²) in [6.45, 7) is 6.55. The van der Waals surface area contributed by atoms with Crippen LogP contribution in [0, 0.1) is 17.7 Å². The molecule has 1 aromatic carbocycles. The maximum absolute atomic E-state index is 13.7. The van der Waals surface area contributed by atoms with Gasteiger partial charge in [0.15, 0.2) is 5.82 Å². The lowest BCUT2D eigenvalue weighted by Gasteiger charge is -2.16. The maximum Gasteiger partial charge on any atom is 0.342 e. The van der Waals surface area contributed by atoms with E-state index >= 15 is 0 Å². The summed E-state index contributed by atoms with van der Waals surface area (Å²) in [6, 6.07) is 2.68. The normalized spacial score (nSPS) is 12.5. The zero-order valence-corrected chi connectivity index (χ0v) is 12.0. The molecule has 1 rings (SSSR count). The summed E-state index contributed by atoms with van der Waals surface area (Å²) in [5, 5.41) is 8.78. The highest BCUT2D eigenvalue weighted by Gasteiger charge is 2.20. The van der Waals surface area contributed by atoms with Crippen molar-refractivity contribution in [1.82, 2.24) is 0 Å². The fraction of sp³-hybridized carbons (Fsp3) is 0.500. The number of halogens is 2. The number of carboxylic acid groups (broad SMARTS) is 1. The Balaban J connectivity index is 2.84. The third-order valence-electron chi connectivity index (χ3n) is 2.67. The van der Waals surface area contributed by atoms with Gasteiger partial charge in [-0.2, -0.15) is 0 Å². The molecule has 0 radical (unpaired) electrons. The number of carbonyl (C=O) groups is 1. The number of rotatable bonds is 6. The monoisotopic (exact) mass is 288 g/mol. The lowest BCUT2D eigenvalue weighted by atomic mass is 10.00. The van der Waals surface area contributed by atoms with Crippen molar-refractivity contribution in [2.45, 2.75) is 27.2 Å². The highest BCUT2D eigenvalue weighted by Crippen LogP contribution is 2.28. The number of hydrogen-bond acceptors (Lipinski definition) is 2. The van der Waals surface area contributed by atoms with Crippen LogP contribution in [0.1, 0.15) is 37.6 Å². The Morgan fingerprint density at radius 3 is 2.58 bits per heavy atom. The molecule has 1 N–H and O–H groups in total. The van der Waals surface area contributed by atoms with Crippen LogP contribution in [0.5, 0.6) is 5.75 Å². The number of ether oxygens (including phenoxy) is 1. The molecule has 19 heavy (non-hydrogen) atoms. The molecule has 0 aliphatic rings. The molecule has 0 saturated carbocycles. The highest BCUT2D eigenvalue weighted by molar-refractivity contribution is 6.31. The van der Waals surface area contributed by atoms with Crippen LogP contribution in [0.3, 0.4) is 0 Å². The lowest BCUT2D eigenvalue weighted by Crippen LogP contribution is -2.13. The number of hydrogen-bond donors (Lipinski definition) is 1. The maximum atomic E-state index is 13.7. The Morgan fingerprint density at radius 2 is 2.05 bits per heavy atom. The highest BCUT2D eigenvalue weighted by atomic mass is 35.5. The third kappa shape index (κ3) is 4.39. The Labute approximate surface area is 117 Å². The second kappa shape index (κ2) is 6.75. The molecule has 0 bridgehead atoms. The summed E-state index contributed by atoms with van der Waals surface area (Å²) >= 11 is 5.57. The van der Waals surface area contributed by atoms with Crippen LogP contribution < -0.4 is 4.74 Å². The van der Waals surface area contributed by atoms with Gasteiger partial charge in [0.1, 0.15) is 11.3 Å². The lowest BCUT2D eigenvalue weighted by molar-refractivity contribution is 0.0685. The minimum absolute atomic E-state index is 0.0185. The first kappa shape index (κ1) is 15.8. The second-order valence-corrected chi connectivity index (χ2v) is 5.49. The number of benzene rings is 1. The van der Waals surface area contributed by atoms with E-state index in [2.05, 4.69) is 13.8 Å². The van der Waals surface area contributed by atoms with Crippen molar-refractivity contribution in [1.29, 1.82) is 0 Å². The van der Waals surface area contributed by atoms with Gasteiger partial charge in [-0.1, -0.05) is 32.4 Å². The van der Waals surface area contributed by atoms with Crippen molar-refractivity contribution in [2.75, 3.05) is 6.61 Å². The predicted octanol–water partition coefficient (Wildman–Crippen LogP) is 4.24. The molecule has 1 unspecified atom stereocenters. The van der Waals surface area contributed by atoms with Crippen LogP contribution in [0.4, 0.5) is 4.39 Å². The Bertz CT molecular complexity index is 460. The minimum Gasteiger partial charge on any atom is -0.492 e. The largest absolute Gasteiger partial charge is 0.492 e. The van der Waals surface area contributed by atoms with Crippen molar-refractivity contribution >= 4 is 17.6 Å². The first-order chi connectivity index (χ1) is 8.82. The van der Waals surface area contributed by atoms with Gasteiger partial charge in [-0.3, -0.25) is 0 Å². The van der Waals surface area contributed by atoms with Crippen molar-refractivity contribution in [3.05, 3.63) is 28.5 Å². The van der Waals surface area contributed by atoms with Crippen LogP contribution in [0.2, 0.25) is 5.02 Å². The van der Waals surface area contributed by atoms with Gasteiger partial charge in [0.05, 0.1) is 11.6 Å². The van der Waals surface area contributed by atoms with E-state index in [4.69, 9.17) is 21.4 Å². The quantitative estimate of drug-likeness (QED) is 0.852. The van der Waals surface area contributed by atoms with E-state index in [1.54, 1.807) is 0 Å². The van der Waals surface area contributed by atoms with Gasteiger partial charge in [0.2, 0.25) is 0 Å². The molecule has 0 aliphatic heterocycles. The van der Waals surface area contributed by atoms with Gasteiger partial charge in [-0.25, -0.2) is 9.18 Å². The number of aromatic carboxylic acids is 1. The van der Waals surface area contributed by atoms with Crippen molar-refractivity contribution < 1.29 is 19.0 Å². The fourth-order valence-corrected chi connectivity index (χ4v) is 2.11. The van der Waals surface area contributed by atoms with Crippen LogP contribution in [-0.4, -0.2) is 17.7 Å². The van der Waals surface area contributed by atoms with E-state index in [1.165, 1.54) is 12.1 Å². The summed E-state index contributed by atoms with van der Waals surface area (Å²) in [7, 11) is 0. The Kier molecular flexibility index (Phi) is 5.60. The first-order valence-electron chi connectivity index (χ1n) is 6.17. The van der Waals surface area contributed by atoms with E-state index in [0.717, 1.165) is 6.42 Å². The molecule has 0 aliphatic carbocycles.